The lowest BCUT2D eigenvalue weighted by Crippen LogP contribution is -1.94. The normalized spacial score (nSPS) is 10.2. The Balaban J connectivity index is 1.50. The zero-order valence-corrected chi connectivity index (χ0v) is 14.4. The Bertz CT molecular complexity index is 1050. The van der Waals surface area contributed by atoms with Crippen LogP contribution in [0.1, 0.15) is 17.0 Å². The first-order chi connectivity index (χ1) is 12.9. The maximum Gasteiger partial charge on any atom is 0.294 e. The van der Waals surface area contributed by atoms with E-state index in [9.17, 15) is 0 Å². The van der Waals surface area contributed by atoms with Gasteiger partial charge in [-0.25, -0.2) is 0 Å². The molecule has 126 valence electrons. The summed E-state index contributed by atoms with van der Waals surface area (Å²) in [6.07, 6.45) is 3.38. The first-order valence-electron chi connectivity index (χ1n) is 7.88. The van der Waals surface area contributed by atoms with E-state index in [-0.39, 0.29) is 5.89 Å². The van der Waals surface area contributed by atoms with Gasteiger partial charge in [0, 0.05) is 18.0 Å². The van der Waals surface area contributed by atoms with E-state index in [0.717, 1.165) is 16.0 Å². The van der Waals surface area contributed by atoms with Crippen LogP contribution in [-0.2, 0) is 6.61 Å². The van der Waals surface area contributed by atoms with Crippen molar-refractivity contribution in [3.63, 3.8) is 0 Å². The molecule has 0 radical (unpaired) electrons. The topological polar surface area (TPSA) is 61.0 Å². The fourth-order valence-electron chi connectivity index (χ4n) is 2.23. The van der Waals surface area contributed by atoms with Crippen molar-refractivity contribution in [1.82, 2.24) is 15.2 Å². The maximum atomic E-state index is 5.89. The van der Waals surface area contributed by atoms with Gasteiger partial charge >= 0.3 is 0 Å². The van der Waals surface area contributed by atoms with Gasteiger partial charge in [-0.2, -0.15) is 0 Å². The molecule has 4 rings (SSSR count). The van der Waals surface area contributed by atoms with Crippen LogP contribution >= 0.6 is 11.3 Å². The molecule has 0 saturated heterocycles. The molecule has 26 heavy (non-hydrogen) atoms. The van der Waals surface area contributed by atoms with E-state index in [4.69, 9.17) is 9.15 Å². The lowest BCUT2D eigenvalue weighted by atomic mass is 10.2. The molecule has 3 aromatic heterocycles. The number of rotatable bonds is 4. The fourth-order valence-corrected chi connectivity index (χ4v) is 2.98. The van der Waals surface area contributed by atoms with Gasteiger partial charge in [0.15, 0.2) is 0 Å². The Morgan fingerprint density at radius 1 is 1.00 bits per heavy atom. The van der Waals surface area contributed by atoms with Gasteiger partial charge in [-0.15, -0.1) is 16.4 Å². The summed E-state index contributed by atoms with van der Waals surface area (Å²) in [6, 6.07) is 15.6. The number of aromatic nitrogens is 3. The molecule has 5 nitrogen and oxygen atoms in total. The highest BCUT2D eigenvalue weighted by Gasteiger charge is 2.15. The molecular weight excluding hydrogens is 346 g/mol. The predicted octanol–water partition coefficient (Wildman–Crippen LogP) is 4.17. The quantitative estimate of drug-likeness (QED) is 0.512. The van der Waals surface area contributed by atoms with Gasteiger partial charge in [0.25, 0.3) is 11.8 Å². The Hall–Kier alpha value is -3.43. The zero-order chi connectivity index (χ0) is 17.6. The molecule has 0 unspecified atom stereocenters. The van der Waals surface area contributed by atoms with Crippen LogP contribution in [0.15, 0.2) is 70.7 Å². The molecule has 0 atom stereocenters. The minimum atomic E-state index is 0.256. The molecule has 0 aliphatic heterocycles. The minimum absolute atomic E-state index is 0.256. The van der Waals surface area contributed by atoms with E-state index >= 15 is 0 Å². The van der Waals surface area contributed by atoms with Crippen molar-refractivity contribution in [3.05, 3.63) is 83.3 Å². The molecule has 3 heterocycles. The fraction of sp³-hybridized carbons (Fsp3) is 0.0500. The van der Waals surface area contributed by atoms with E-state index in [0.29, 0.717) is 18.2 Å². The first-order valence-corrected chi connectivity index (χ1v) is 8.76. The molecule has 6 heteroatoms. The third-order valence-electron chi connectivity index (χ3n) is 3.46. The Morgan fingerprint density at radius 3 is 2.77 bits per heavy atom. The first kappa shape index (κ1) is 16.1. The van der Waals surface area contributed by atoms with E-state index < -0.39 is 0 Å². The number of hydrogen-bond acceptors (Lipinski definition) is 6. The second-order valence-electron chi connectivity index (χ2n) is 5.29. The second-order valence-corrected chi connectivity index (χ2v) is 6.21. The van der Waals surface area contributed by atoms with Crippen LogP contribution in [0, 0.1) is 11.8 Å². The zero-order valence-electron chi connectivity index (χ0n) is 13.6. The summed E-state index contributed by atoms with van der Waals surface area (Å²) in [5.41, 5.74) is 1.88. The van der Waals surface area contributed by atoms with Crippen LogP contribution in [0.25, 0.3) is 10.8 Å². The van der Waals surface area contributed by atoms with Gasteiger partial charge < -0.3 is 9.15 Å². The average molecular weight is 359 g/mol. The monoisotopic (exact) mass is 359 g/mol. The average Bonchev–Trinajstić information content (AvgIpc) is 3.35. The van der Waals surface area contributed by atoms with Crippen LogP contribution in [-0.4, -0.2) is 15.2 Å². The van der Waals surface area contributed by atoms with Crippen LogP contribution in [0.4, 0.5) is 0 Å². The molecule has 0 bridgehead atoms. The summed E-state index contributed by atoms with van der Waals surface area (Å²) in [4.78, 5) is 4.81. The highest BCUT2D eigenvalue weighted by molar-refractivity contribution is 7.13. The van der Waals surface area contributed by atoms with Crippen molar-refractivity contribution in [2.45, 2.75) is 6.61 Å². The van der Waals surface area contributed by atoms with Gasteiger partial charge in [-0.05, 0) is 35.1 Å². The summed E-state index contributed by atoms with van der Waals surface area (Å²) in [7, 11) is 0. The molecule has 0 amide bonds. The smallest absolute Gasteiger partial charge is 0.294 e. The third kappa shape index (κ3) is 3.79. The number of hydrogen-bond donors (Lipinski definition) is 0. The number of ether oxygens (including phenoxy) is 1. The van der Waals surface area contributed by atoms with Crippen molar-refractivity contribution in [2.75, 3.05) is 0 Å². The Kier molecular flexibility index (Phi) is 4.72. The SMILES string of the molecule is C(#Cc1nnc(-c2sccc2OCc2ccccc2)o1)c1cccnc1. The molecule has 0 aliphatic carbocycles. The van der Waals surface area contributed by atoms with Crippen molar-refractivity contribution < 1.29 is 9.15 Å². The van der Waals surface area contributed by atoms with E-state index in [1.165, 1.54) is 11.3 Å². The summed E-state index contributed by atoms with van der Waals surface area (Å²) in [5.74, 6) is 7.17. The standard InChI is InChI=1S/C20H13N3O2S/c1-2-5-16(6-3-1)14-24-17-10-12-26-19(17)20-23-22-18(25-20)9-8-15-7-4-11-21-13-15/h1-7,10-13H,14H2. The summed E-state index contributed by atoms with van der Waals surface area (Å²) in [6.45, 7) is 0.479. The van der Waals surface area contributed by atoms with Gasteiger partial charge in [0.05, 0.1) is 0 Å². The predicted molar refractivity (Wildman–Crippen MR) is 98.6 cm³/mol. The van der Waals surface area contributed by atoms with Crippen LogP contribution < -0.4 is 4.74 Å². The molecular formula is C20H13N3O2S. The van der Waals surface area contributed by atoms with Gasteiger partial charge in [-0.3, -0.25) is 4.98 Å². The molecule has 0 fully saturated rings. The van der Waals surface area contributed by atoms with Crippen molar-refractivity contribution in [3.8, 4) is 28.4 Å². The maximum absolute atomic E-state index is 5.89. The van der Waals surface area contributed by atoms with Crippen molar-refractivity contribution in [1.29, 1.82) is 0 Å². The van der Waals surface area contributed by atoms with E-state index in [1.807, 2.05) is 53.9 Å². The molecule has 0 saturated carbocycles. The summed E-state index contributed by atoms with van der Waals surface area (Å²) >= 11 is 1.49. The van der Waals surface area contributed by atoms with Crippen molar-refractivity contribution >= 4 is 11.3 Å². The number of pyridine rings is 1. The molecule has 0 aliphatic rings. The number of benzene rings is 1. The lowest BCUT2D eigenvalue weighted by molar-refractivity contribution is 0.308. The third-order valence-corrected chi connectivity index (χ3v) is 4.34. The molecule has 0 N–H and O–H groups in total. The Morgan fingerprint density at radius 2 is 1.92 bits per heavy atom. The highest BCUT2D eigenvalue weighted by Crippen LogP contribution is 2.35. The van der Waals surface area contributed by atoms with Gasteiger partial charge in [-0.1, -0.05) is 41.4 Å². The van der Waals surface area contributed by atoms with E-state index in [1.54, 1.807) is 12.4 Å². The van der Waals surface area contributed by atoms with Crippen LogP contribution in [0.3, 0.4) is 0 Å². The number of thiophene rings is 1. The Labute approximate surface area is 154 Å². The number of nitrogens with zero attached hydrogens (tertiary/aromatic N) is 3. The van der Waals surface area contributed by atoms with Crippen LogP contribution in [0.2, 0.25) is 0 Å². The van der Waals surface area contributed by atoms with Gasteiger partial charge in [0.1, 0.15) is 17.2 Å². The largest absolute Gasteiger partial charge is 0.487 e. The van der Waals surface area contributed by atoms with E-state index in [2.05, 4.69) is 27.0 Å². The van der Waals surface area contributed by atoms with Gasteiger partial charge in [0.2, 0.25) is 0 Å². The summed E-state index contributed by atoms with van der Waals surface area (Å²) in [5, 5.41) is 10.0. The molecule has 0 spiro atoms. The minimum Gasteiger partial charge on any atom is -0.487 e. The molecule has 1 aromatic carbocycles. The van der Waals surface area contributed by atoms with Crippen molar-refractivity contribution in [2.24, 2.45) is 0 Å². The lowest BCUT2D eigenvalue weighted by Gasteiger charge is -2.05. The summed E-state index contributed by atoms with van der Waals surface area (Å²) < 4.78 is 11.6. The highest BCUT2D eigenvalue weighted by atomic mass is 32.1. The molecule has 4 aromatic rings. The van der Waals surface area contributed by atoms with Crippen LogP contribution in [0.5, 0.6) is 5.75 Å². The second kappa shape index (κ2) is 7.64.